The van der Waals surface area contributed by atoms with Crippen molar-refractivity contribution in [1.82, 2.24) is 20.3 Å². The first-order valence-corrected chi connectivity index (χ1v) is 9.71. The summed E-state index contributed by atoms with van der Waals surface area (Å²) in [5.41, 5.74) is 8.49. The molecule has 0 aliphatic rings. The van der Waals surface area contributed by atoms with Crippen LogP contribution in [0.15, 0.2) is 54.6 Å². The van der Waals surface area contributed by atoms with E-state index in [-0.39, 0.29) is 36.7 Å². The van der Waals surface area contributed by atoms with Gasteiger partial charge in [0.15, 0.2) is 12.4 Å². The number of nitrogens with zero attached hydrogens (tertiary/aromatic N) is 3. The van der Waals surface area contributed by atoms with Gasteiger partial charge in [0.05, 0.1) is 12.5 Å². The fourth-order valence-corrected chi connectivity index (χ4v) is 2.88. The van der Waals surface area contributed by atoms with E-state index in [0.29, 0.717) is 0 Å². The summed E-state index contributed by atoms with van der Waals surface area (Å²) in [6.45, 7) is 3.22. The lowest BCUT2D eigenvalue weighted by Crippen LogP contribution is -2.28. The van der Waals surface area contributed by atoms with Gasteiger partial charge in [0.2, 0.25) is 17.8 Å². The van der Waals surface area contributed by atoms with Crippen molar-refractivity contribution in [1.29, 1.82) is 0 Å². The normalized spacial score (nSPS) is 11.4. The van der Waals surface area contributed by atoms with Gasteiger partial charge in [-0.3, -0.25) is 9.59 Å². The molecule has 0 aliphatic carbocycles. The van der Waals surface area contributed by atoms with Crippen LogP contribution in [0.1, 0.15) is 36.3 Å². The smallest absolute Gasteiger partial charge is 0.308 e. The number of nitrogens with two attached hydrogens (primary N) is 1. The predicted octanol–water partition coefficient (Wildman–Crippen LogP) is 2.82. The number of nitrogens with one attached hydrogen (secondary N) is 2. The molecule has 9 nitrogen and oxygen atoms in total. The van der Waals surface area contributed by atoms with E-state index in [0.717, 1.165) is 16.8 Å². The number of anilines is 3. The second kappa shape index (κ2) is 10.1. The third-order valence-electron chi connectivity index (χ3n) is 4.32. The van der Waals surface area contributed by atoms with Crippen molar-refractivity contribution in [2.24, 2.45) is 0 Å². The Hall–Kier alpha value is -4.01. The van der Waals surface area contributed by atoms with E-state index in [1.165, 1.54) is 6.92 Å². The van der Waals surface area contributed by atoms with E-state index in [4.69, 9.17) is 10.5 Å². The van der Waals surface area contributed by atoms with Gasteiger partial charge in [0.1, 0.15) is 0 Å². The average Bonchev–Trinajstić information content (AvgIpc) is 2.73. The van der Waals surface area contributed by atoms with Crippen molar-refractivity contribution in [3.63, 3.8) is 0 Å². The molecule has 3 rings (SSSR count). The van der Waals surface area contributed by atoms with Gasteiger partial charge in [-0.05, 0) is 24.6 Å². The first kappa shape index (κ1) is 21.7. The lowest BCUT2D eigenvalue weighted by Gasteiger charge is -2.17. The summed E-state index contributed by atoms with van der Waals surface area (Å²) in [7, 11) is 0. The van der Waals surface area contributed by atoms with Crippen LogP contribution in [0.5, 0.6) is 0 Å². The Morgan fingerprint density at radius 1 is 1.03 bits per heavy atom. The van der Waals surface area contributed by atoms with Gasteiger partial charge in [-0.2, -0.15) is 15.0 Å². The molecule has 1 amide bonds. The molecule has 3 aromatic rings. The van der Waals surface area contributed by atoms with Crippen molar-refractivity contribution in [2.75, 3.05) is 11.1 Å². The fraction of sp³-hybridized carbons (Fsp3) is 0.227. The molecular weight excluding hydrogens is 396 g/mol. The van der Waals surface area contributed by atoms with E-state index in [9.17, 15) is 9.59 Å². The summed E-state index contributed by atoms with van der Waals surface area (Å²) >= 11 is 0. The largest absolute Gasteiger partial charge is 0.457 e. The summed E-state index contributed by atoms with van der Waals surface area (Å²) in [5, 5.41) is 5.81. The first-order valence-electron chi connectivity index (χ1n) is 9.71. The van der Waals surface area contributed by atoms with Crippen LogP contribution in [0.25, 0.3) is 0 Å². The average molecular weight is 420 g/mol. The number of hydrogen-bond acceptors (Lipinski definition) is 8. The van der Waals surface area contributed by atoms with Crippen LogP contribution in [-0.4, -0.2) is 26.8 Å². The van der Waals surface area contributed by atoms with Crippen LogP contribution in [0, 0.1) is 6.92 Å². The minimum absolute atomic E-state index is 0.0102. The SMILES string of the molecule is CC(=O)N[C@H](CC(=O)OCc1nc(N)nc(Nc2ccc(C)cc2)n1)c1ccccc1. The second-order valence-corrected chi connectivity index (χ2v) is 6.95. The molecule has 160 valence electrons. The molecule has 0 fully saturated rings. The monoisotopic (exact) mass is 420 g/mol. The summed E-state index contributed by atoms with van der Waals surface area (Å²) in [4.78, 5) is 36.2. The fourth-order valence-electron chi connectivity index (χ4n) is 2.88. The lowest BCUT2D eigenvalue weighted by atomic mass is 10.0. The number of amides is 1. The zero-order chi connectivity index (χ0) is 22.2. The summed E-state index contributed by atoms with van der Waals surface area (Å²) in [6, 6.07) is 16.4. The maximum atomic E-state index is 12.4. The molecular formula is C22H24N6O3. The number of carbonyl (C=O) groups excluding carboxylic acids is 2. The zero-order valence-corrected chi connectivity index (χ0v) is 17.3. The minimum Gasteiger partial charge on any atom is -0.457 e. The third-order valence-corrected chi connectivity index (χ3v) is 4.32. The van der Waals surface area contributed by atoms with Gasteiger partial charge in [-0.25, -0.2) is 0 Å². The molecule has 9 heteroatoms. The van der Waals surface area contributed by atoms with Crippen molar-refractivity contribution in [3.8, 4) is 0 Å². The van der Waals surface area contributed by atoms with Crippen LogP contribution in [-0.2, 0) is 20.9 Å². The van der Waals surface area contributed by atoms with Gasteiger partial charge in [0.25, 0.3) is 0 Å². The minimum atomic E-state index is -0.505. The quantitative estimate of drug-likeness (QED) is 0.474. The lowest BCUT2D eigenvalue weighted by molar-refractivity contribution is -0.146. The van der Waals surface area contributed by atoms with Gasteiger partial charge in [-0.15, -0.1) is 0 Å². The van der Waals surface area contributed by atoms with Crippen LogP contribution < -0.4 is 16.4 Å². The summed E-state index contributed by atoms with van der Waals surface area (Å²) in [6.07, 6.45) is -0.0291. The highest BCUT2D eigenvalue weighted by Gasteiger charge is 2.18. The van der Waals surface area contributed by atoms with E-state index in [1.54, 1.807) is 0 Å². The number of aromatic nitrogens is 3. The van der Waals surface area contributed by atoms with E-state index in [1.807, 2.05) is 61.5 Å². The molecule has 31 heavy (non-hydrogen) atoms. The number of hydrogen-bond donors (Lipinski definition) is 3. The Morgan fingerprint density at radius 3 is 2.42 bits per heavy atom. The topological polar surface area (TPSA) is 132 Å². The second-order valence-electron chi connectivity index (χ2n) is 6.95. The Morgan fingerprint density at radius 2 is 1.74 bits per heavy atom. The van der Waals surface area contributed by atoms with E-state index < -0.39 is 12.0 Å². The number of aryl methyl sites for hydroxylation is 1. The molecule has 4 N–H and O–H groups in total. The highest BCUT2D eigenvalue weighted by molar-refractivity contribution is 5.76. The molecule has 0 saturated carbocycles. The highest BCUT2D eigenvalue weighted by atomic mass is 16.5. The number of nitrogen functional groups attached to an aromatic ring is 1. The number of ether oxygens (including phenoxy) is 1. The molecule has 0 saturated heterocycles. The number of benzene rings is 2. The Balaban J connectivity index is 1.63. The summed E-state index contributed by atoms with van der Waals surface area (Å²) in [5.74, 6) is -0.265. The van der Waals surface area contributed by atoms with Gasteiger partial charge in [-0.1, -0.05) is 48.0 Å². The van der Waals surface area contributed by atoms with E-state index >= 15 is 0 Å². The van der Waals surface area contributed by atoms with Crippen molar-refractivity contribution in [3.05, 3.63) is 71.5 Å². The molecule has 0 aliphatic heterocycles. The molecule has 0 spiro atoms. The van der Waals surface area contributed by atoms with Gasteiger partial charge < -0.3 is 21.1 Å². The summed E-state index contributed by atoms with van der Waals surface area (Å²) < 4.78 is 5.31. The number of rotatable bonds is 8. The van der Waals surface area contributed by atoms with Crippen LogP contribution in [0.3, 0.4) is 0 Å². The molecule has 1 atom stereocenters. The Labute approximate surface area is 180 Å². The molecule has 0 radical (unpaired) electrons. The van der Waals surface area contributed by atoms with Crippen molar-refractivity contribution in [2.45, 2.75) is 32.9 Å². The maximum Gasteiger partial charge on any atom is 0.308 e. The van der Waals surface area contributed by atoms with Crippen molar-refractivity contribution < 1.29 is 14.3 Å². The van der Waals surface area contributed by atoms with Crippen molar-refractivity contribution >= 4 is 29.5 Å². The molecule has 1 aromatic heterocycles. The third kappa shape index (κ3) is 6.77. The Bertz CT molecular complexity index is 1040. The number of esters is 1. The zero-order valence-electron chi connectivity index (χ0n) is 17.3. The molecule has 1 heterocycles. The standard InChI is InChI=1S/C22H24N6O3/c1-14-8-10-17(11-9-14)25-22-27-19(26-21(23)28-22)13-31-20(30)12-18(24-15(2)29)16-6-4-3-5-7-16/h3-11,18H,12-13H2,1-2H3,(H,24,29)(H3,23,25,26,27,28)/t18-/m1/s1. The van der Waals surface area contributed by atoms with Gasteiger partial charge >= 0.3 is 5.97 Å². The molecule has 0 unspecified atom stereocenters. The molecule has 2 aromatic carbocycles. The van der Waals surface area contributed by atoms with Gasteiger partial charge in [0, 0.05) is 12.6 Å². The van der Waals surface area contributed by atoms with Crippen LogP contribution in [0.4, 0.5) is 17.6 Å². The van der Waals surface area contributed by atoms with Crippen LogP contribution in [0.2, 0.25) is 0 Å². The van der Waals surface area contributed by atoms with Crippen LogP contribution >= 0.6 is 0 Å². The first-order chi connectivity index (χ1) is 14.9. The van der Waals surface area contributed by atoms with E-state index in [2.05, 4.69) is 25.6 Å². The highest BCUT2D eigenvalue weighted by Crippen LogP contribution is 2.18. The maximum absolute atomic E-state index is 12.4. The molecule has 0 bridgehead atoms. The predicted molar refractivity (Wildman–Crippen MR) is 116 cm³/mol. The number of carbonyl (C=O) groups is 2. The Kier molecular flexibility index (Phi) is 7.10.